The van der Waals surface area contributed by atoms with Crippen molar-refractivity contribution < 1.29 is 24.2 Å². The van der Waals surface area contributed by atoms with E-state index in [4.69, 9.17) is 9.47 Å². The Morgan fingerprint density at radius 3 is 2.71 bits per heavy atom. The van der Waals surface area contributed by atoms with Gasteiger partial charge in [-0.2, -0.15) is 0 Å². The Morgan fingerprint density at radius 1 is 1.17 bits per heavy atom. The number of rotatable bonds is 5. The van der Waals surface area contributed by atoms with Crippen LogP contribution in [0.2, 0.25) is 0 Å². The lowest BCUT2D eigenvalue weighted by molar-refractivity contribution is -0.152. The van der Waals surface area contributed by atoms with Crippen molar-refractivity contribution in [1.29, 1.82) is 0 Å². The molecule has 24 heavy (non-hydrogen) atoms. The van der Waals surface area contributed by atoms with Crippen molar-refractivity contribution in [2.45, 2.75) is 18.6 Å². The molecule has 1 fully saturated rings. The molecule has 2 aromatic rings. The van der Waals surface area contributed by atoms with E-state index in [9.17, 15) is 14.7 Å². The van der Waals surface area contributed by atoms with Gasteiger partial charge in [0.05, 0.1) is 19.8 Å². The molecule has 1 aliphatic rings. The zero-order valence-electron chi connectivity index (χ0n) is 13.1. The molecule has 0 spiro atoms. The van der Waals surface area contributed by atoms with Gasteiger partial charge in [-0.3, -0.25) is 4.79 Å². The number of nitrogens with one attached hydrogen (secondary N) is 1. The van der Waals surface area contributed by atoms with E-state index in [1.807, 2.05) is 42.5 Å². The normalized spacial score (nSPS) is 18.9. The van der Waals surface area contributed by atoms with Crippen molar-refractivity contribution in [3.8, 4) is 0 Å². The molecule has 0 unspecified atom stereocenters. The van der Waals surface area contributed by atoms with Crippen LogP contribution in [0.4, 0.5) is 0 Å². The highest BCUT2D eigenvalue weighted by Gasteiger charge is 2.28. The number of aliphatic carboxylic acids is 1. The zero-order chi connectivity index (χ0) is 16.9. The Bertz CT molecular complexity index is 734. The average Bonchev–Trinajstić information content (AvgIpc) is 2.62. The lowest BCUT2D eigenvalue weighted by Crippen LogP contribution is -2.50. The van der Waals surface area contributed by atoms with Gasteiger partial charge in [-0.25, -0.2) is 4.79 Å². The second-order valence-corrected chi connectivity index (χ2v) is 5.68. The highest BCUT2D eigenvalue weighted by Crippen LogP contribution is 2.20. The zero-order valence-corrected chi connectivity index (χ0v) is 13.1. The molecule has 0 bridgehead atoms. The highest BCUT2D eigenvalue weighted by atomic mass is 16.6. The number of fused-ring (bicyclic) bond motifs is 1. The molecule has 1 saturated heterocycles. The molecule has 2 N–H and O–H groups in total. The highest BCUT2D eigenvalue weighted by molar-refractivity contribution is 5.89. The van der Waals surface area contributed by atoms with E-state index in [1.165, 1.54) is 0 Å². The molecule has 3 rings (SSSR count). The van der Waals surface area contributed by atoms with Gasteiger partial charge in [-0.1, -0.05) is 42.5 Å². The third kappa shape index (κ3) is 3.72. The number of carboxylic acids is 1. The van der Waals surface area contributed by atoms with Crippen molar-refractivity contribution in [2.75, 3.05) is 19.8 Å². The van der Waals surface area contributed by atoms with Crippen LogP contribution in [0.5, 0.6) is 0 Å². The molecule has 0 radical (unpaired) electrons. The maximum absolute atomic E-state index is 12.2. The monoisotopic (exact) mass is 329 g/mol. The van der Waals surface area contributed by atoms with E-state index < -0.39 is 24.0 Å². The van der Waals surface area contributed by atoms with Crippen molar-refractivity contribution in [3.63, 3.8) is 0 Å². The smallest absolute Gasteiger partial charge is 0.326 e. The van der Waals surface area contributed by atoms with Crippen LogP contribution in [0.25, 0.3) is 10.8 Å². The third-order valence-corrected chi connectivity index (χ3v) is 4.03. The van der Waals surface area contributed by atoms with Gasteiger partial charge in [-0.05, 0) is 16.3 Å². The maximum atomic E-state index is 12.2. The first kappa shape index (κ1) is 16.4. The Morgan fingerprint density at radius 2 is 1.96 bits per heavy atom. The Labute approximate surface area is 139 Å². The Kier molecular flexibility index (Phi) is 5.08. The van der Waals surface area contributed by atoms with Crippen molar-refractivity contribution in [1.82, 2.24) is 5.32 Å². The number of hydrogen-bond donors (Lipinski definition) is 2. The SMILES string of the molecule is O=C(N[C@H](Cc1cccc2ccccc12)C(=O)O)[C@@H]1COCCO1. The summed E-state index contributed by atoms with van der Waals surface area (Å²) in [5.74, 6) is -1.53. The summed E-state index contributed by atoms with van der Waals surface area (Å²) in [7, 11) is 0. The minimum atomic E-state index is -1.08. The molecule has 6 heteroatoms. The average molecular weight is 329 g/mol. The second kappa shape index (κ2) is 7.42. The summed E-state index contributed by atoms with van der Waals surface area (Å²) < 4.78 is 10.5. The Hall–Kier alpha value is -2.44. The molecule has 0 saturated carbocycles. The predicted molar refractivity (Wildman–Crippen MR) is 87.8 cm³/mol. The number of carbonyl (C=O) groups is 2. The molecule has 0 aromatic heterocycles. The first-order valence-electron chi connectivity index (χ1n) is 7.84. The molecule has 126 valence electrons. The fraction of sp³-hybridized carbons (Fsp3) is 0.333. The summed E-state index contributed by atoms with van der Waals surface area (Å²) in [5.41, 5.74) is 0.876. The minimum absolute atomic E-state index is 0.145. The number of carboxylic acid groups (broad SMARTS) is 1. The molecule has 2 atom stereocenters. The fourth-order valence-corrected chi connectivity index (χ4v) is 2.79. The number of benzene rings is 2. The van der Waals surface area contributed by atoms with Gasteiger partial charge in [0.25, 0.3) is 5.91 Å². The van der Waals surface area contributed by atoms with E-state index in [-0.39, 0.29) is 13.0 Å². The van der Waals surface area contributed by atoms with Gasteiger partial charge in [0.15, 0.2) is 6.10 Å². The van der Waals surface area contributed by atoms with E-state index in [0.29, 0.717) is 13.2 Å². The number of ether oxygens (including phenoxy) is 2. The molecule has 2 aromatic carbocycles. The fourth-order valence-electron chi connectivity index (χ4n) is 2.79. The van der Waals surface area contributed by atoms with E-state index >= 15 is 0 Å². The van der Waals surface area contributed by atoms with Crippen LogP contribution in [0.3, 0.4) is 0 Å². The van der Waals surface area contributed by atoms with Gasteiger partial charge < -0.3 is 19.9 Å². The van der Waals surface area contributed by atoms with Crippen LogP contribution in [0.15, 0.2) is 42.5 Å². The first-order valence-corrected chi connectivity index (χ1v) is 7.84. The third-order valence-electron chi connectivity index (χ3n) is 4.03. The lowest BCUT2D eigenvalue weighted by Gasteiger charge is -2.24. The number of carbonyl (C=O) groups excluding carboxylic acids is 1. The molecule has 1 aliphatic heterocycles. The Balaban J connectivity index is 1.76. The van der Waals surface area contributed by atoms with E-state index in [2.05, 4.69) is 5.32 Å². The predicted octanol–water partition coefficient (Wildman–Crippen LogP) is 1.37. The quantitative estimate of drug-likeness (QED) is 0.865. The molecular weight excluding hydrogens is 310 g/mol. The summed E-state index contributed by atoms with van der Waals surface area (Å²) >= 11 is 0. The minimum Gasteiger partial charge on any atom is -0.480 e. The van der Waals surface area contributed by atoms with E-state index in [0.717, 1.165) is 16.3 Å². The maximum Gasteiger partial charge on any atom is 0.326 e. The van der Waals surface area contributed by atoms with Crippen molar-refractivity contribution in [2.24, 2.45) is 0 Å². The standard InChI is InChI=1S/C18H19NO5/c20-17(16-11-23-8-9-24-16)19-15(18(21)22)10-13-6-3-5-12-4-1-2-7-14(12)13/h1-7,15-16H,8-11H2,(H,19,20)(H,21,22)/t15-,16+/m1/s1. The van der Waals surface area contributed by atoms with Gasteiger partial charge in [0, 0.05) is 6.42 Å². The van der Waals surface area contributed by atoms with E-state index in [1.54, 1.807) is 0 Å². The van der Waals surface area contributed by atoms with Gasteiger partial charge >= 0.3 is 5.97 Å². The van der Waals surface area contributed by atoms with Crippen LogP contribution in [0.1, 0.15) is 5.56 Å². The summed E-state index contributed by atoms with van der Waals surface area (Å²) in [6.45, 7) is 0.924. The summed E-state index contributed by atoms with van der Waals surface area (Å²) in [6.07, 6.45) is -0.552. The molecule has 6 nitrogen and oxygen atoms in total. The topological polar surface area (TPSA) is 84.9 Å². The van der Waals surface area contributed by atoms with Crippen LogP contribution in [-0.4, -0.2) is 48.9 Å². The number of hydrogen-bond acceptors (Lipinski definition) is 4. The summed E-state index contributed by atoms with van der Waals surface area (Å²) in [6, 6.07) is 12.5. The van der Waals surface area contributed by atoms with Crippen LogP contribution in [0, 0.1) is 0 Å². The van der Waals surface area contributed by atoms with Gasteiger partial charge in [0.2, 0.25) is 0 Å². The van der Waals surface area contributed by atoms with Crippen molar-refractivity contribution >= 4 is 22.6 Å². The van der Waals surface area contributed by atoms with Crippen LogP contribution in [-0.2, 0) is 25.5 Å². The van der Waals surface area contributed by atoms with Gasteiger partial charge in [0.1, 0.15) is 6.04 Å². The van der Waals surface area contributed by atoms with Gasteiger partial charge in [-0.15, -0.1) is 0 Å². The summed E-state index contributed by atoms with van der Waals surface area (Å²) in [5, 5.41) is 14.0. The second-order valence-electron chi connectivity index (χ2n) is 5.68. The molecule has 1 heterocycles. The summed E-state index contributed by atoms with van der Waals surface area (Å²) in [4.78, 5) is 23.8. The molecule has 0 aliphatic carbocycles. The van der Waals surface area contributed by atoms with Crippen LogP contribution < -0.4 is 5.32 Å². The molecule has 1 amide bonds. The lowest BCUT2D eigenvalue weighted by atomic mass is 9.98. The first-order chi connectivity index (χ1) is 11.6. The largest absolute Gasteiger partial charge is 0.480 e. The van der Waals surface area contributed by atoms with Crippen LogP contribution >= 0.6 is 0 Å². The molecular formula is C18H19NO5. The van der Waals surface area contributed by atoms with Crippen molar-refractivity contribution in [3.05, 3.63) is 48.0 Å². The number of amides is 1.